The summed E-state index contributed by atoms with van der Waals surface area (Å²) in [5, 5.41) is 28.5. The summed E-state index contributed by atoms with van der Waals surface area (Å²) in [4.78, 5) is 24.4. The third kappa shape index (κ3) is 5.05. The van der Waals surface area contributed by atoms with Crippen LogP contribution in [-0.4, -0.2) is 31.2 Å². The largest absolute Gasteiger partial charge is 0.481 e. The van der Waals surface area contributed by atoms with E-state index in [0.29, 0.717) is 28.0 Å². The first-order valence-electron chi connectivity index (χ1n) is 10.3. The molecule has 2 atom stereocenters. The van der Waals surface area contributed by atoms with Gasteiger partial charge in [-0.3, -0.25) is 9.59 Å². The lowest BCUT2D eigenvalue weighted by atomic mass is 9.93. The SMILES string of the molecule is O=C(O)[C@@H](CCn1nnc2ccccc2c1=O)[C@H](O)c1ccc(Oc2ccc(F)c(Cl)c2)cc1. The lowest BCUT2D eigenvalue weighted by molar-refractivity contribution is -0.146. The fraction of sp³-hybridized carbons (Fsp3) is 0.167. The van der Waals surface area contributed by atoms with Gasteiger partial charge in [0, 0.05) is 12.6 Å². The van der Waals surface area contributed by atoms with E-state index in [1.54, 1.807) is 36.4 Å². The molecule has 1 aromatic heterocycles. The van der Waals surface area contributed by atoms with Crippen LogP contribution in [0.5, 0.6) is 11.5 Å². The van der Waals surface area contributed by atoms with Crippen LogP contribution < -0.4 is 10.3 Å². The minimum atomic E-state index is -1.34. The number of hydrogen-bond acceptors (Lipinski definition) is 6. The van der Waals surface area contributed by atoms with Gasteiger partial charge in [0.2, 0.25) is 0 Å². The molecule has 34 heavy (non-hydrogen) atoms. The van der Waals surface area contributed by atoms with Crippen LogP contribution in [0.4, 0.5) is 4.39 Å². The van der Waals surface area contributed by atoms with Crippen molar-refractivity contribution in [1.82, 2.24) is 15.0 Å². The smallest absolute Gasteiger partial charge is 0.309 e. The zero-order valence-corrected chi connectivity index (χ0v) is 18.4. The molecule has 0 spiro atoms. The van der Waals surface area contributed by atoms with Crippen LogP contribution in [-0.2, 0) is 11.3 Å². The third-order valence-corrected chi connectivity index (χ3v) is 5.62. The van der Waals surface area contributed by atoms with Crippen molar-refractivity contribution in [2.75, 3.05) is 0 Å². The number of aryl methyl sites for hydroxylation is 1. The molecule has 1 heterocycles. The second-order valence-corrected chi connectivity index (χ2v) is 7.97. The van der Waals surface area contributed by atoms with Crippen LogP contribution in [0.2, 0.25) is 5.02 Å². The number of aliphatic hydroxyl groups excluding tert-OH is 1. The normalized spacial score (nSPS) is 12.9. The summed E-state index contributed by atoms with van der Waals surface area (Å²) in [6.07, 6.45) is -1.38. The Balaban J connectivity index is 1.47. The van der Waals surface area contributed by atoms with Crippen LogP contribution in [0.25, 0.3) is 10.9 Å². The molecule has 8 nitrogen and oxygen atoms in total. The van der Waals surface area contributed by atoms with Crippen LogP contribution in [0, 0.1) is 11.7 Å². The summed E-state index contributed by atoms with van der Waals surface area (Å²) >= 11 is 5.75. The van der Waals surface area contributed by atoms with Gasteiger partial charge in [-0.15, -0.1) is 5.10 Å². The molecule has 0 bridgehead atoms. The fourth-order valence-electron chi connectivity index (χ4n) is 3.49. The van der Waals surface area contributed by atoms with E-state index in [1.807, 2.05) is 0 Å². The van der Waals surface area contributed by atoms with E-state index >= 15 is 0 Å². The minimum absolute atomic E-state index is 0.0305. The molecule has 0 aliphatic rings. The number of nitrogens with zero attached hydrogens (tertiary/aromatic N) is 3. The van der Waals surface area contributed by atoms with Crippen LogP contribution in [0.3, 0.4) is 0 Å². The number of carboxylic acid groups (broad SMARTS) is 1. The molecule has 4 rings (SSSR count). The summed E-state index contributed by atoms with van der Waals surface area (Å²) in [5.74, 6) is -2.25. The fourth-order valence-corrected chi connectivity index (χ4v) is 3.66. The van der Waals surface area contributed by atoms with Gasteiger partial charge < -0.3 is 14.9 Å². The van der Waals surface area contributed by atoms with Gasteiger partial charge in [0.15, 0.2) is 0 Å². The second kappa shape index (κ2) is 9.98. The molecule has 4 aromatic rings. The predicted octanol–water partition coefficient (Wildman–Crippen LogP) is 4.20. The lowest BCUT2D eigenvalue weighted by Gasteiger charge is -2.20. The van der Waals surface area contributed by atoms with Crippen molar-refractivity contribution in [3.8, 4) is 11.5 Å². The Kier molecular flexibility index (Phi) is 6.85. The molecule has 0 amide bonds. The molecule has 0 aliphatic carbocycles. The maximum Gasteiger partial charge on any atom is 0.309 e. The monoisotopic (exact) mass is 483 g/mol. The second-order valence-electron chi connectivity index (χ2n) is 7.56. The molecular formula is C24H19ClFN3O5. The first-order chi connectivity index (χ1) is 16.3. The molecule has 0 radical (unpaired) electrons. The Morgan fingerprint density at radius 3 is 2.50 bits per heavy atom. The topological polar surface area (TPSA) is 115 Å². The lowest BCUT2D eigenvalue weighted by Crippen LogP contribution is -2.29. The third-order valence-electron chi connectivity index (χ3n) is 5.33. The van der Waals surface area contributed by atoms with Crippen LogP contribution >= 0.6 is 11.6 Å². The highest BCUT2D eigenvalue weighted by Crippen LogP contribution is 2.30. The summed E-state index contributed by atoms with van der Waals surface area (Å²) in [5.41, 5.74) is 0.421. The van der Waals surface area contributed by atoms with Crippen molar-refractivity contribution in [1.29, 1.82) is 0 Å². The average Bonchev–Trinajstić information content (AvgIpc) is 2.83. The number of fused-ring (bicyclic) bond motifs is 1. The summed E-state index contributed by atoms with van der Waals surface area (Å²) in [7, 11) is 0. The number of aliphatic carboxylic acids is 1. The molecule has 0 saturated heterocycles. The molecule has 0 fully saturated rings. The predicted molar refractivity (Wildman–Crippen MR) is 122 cm³/mol. The Hall–Kier alpha value is -3.82. The highest BCUT2D eigenvalue weighted by molar-refractivity contribution is 6.30. The van der Waals surface area contributed by atoms with E-state index < -0.39 is 23.8 Å². The van der Waals surface area contributed by atoms with E-state index in [1.165, 1.54) is 30.3 Å². The number of ether oxygens (including phenoxy) is 1. The van der Waals surface area contributed by atoms with Crippen molar-refractivity contribution in [3.05, 3.63) is 93.5 Å². The number of carbonyl (C=O) groups is 1. The van der Waals surface area contributed by atoms with Gasteiger partial charge in [-0.25, -0.2) is 9.07 Å². The molecule has 0 saturated carbocycles. The Bertz CT molecular complexity index is 1390. The number of aliphatic hydroxyl groups is 1. The molecular weight excluding hydrogens is 465 g/mol. The van der Waals surface area contributed by atoms with Gasteiger partial charge in [-0.2, -0.15) is 0 Å². The maximum atomic E-state index is 13.3. The Labute approximate surface area is 197 Å². The molecule has 0 aliphatic heterocycles. The zero-order valence-electron chi connectivity index (χ0n) is 17.6. The summed E-state index contributed by atoms with van der Waals surface area (Å²) in [6, 6.07) is 16.8. The molecule has 10 heteroatoms. The standard InChI is InChI=1S/C24H19ClFN3O5/c25-19-13-16(9-10-20(19)26)34-15-7-5-14(6-8-15)22(30)18(24(32)33)11-12-29-23(31)17-3-1-2-4-21(17)27-28-29/h1-10,13,18,22,30H,11-12H2,(H,32,33)/t18-,22+/m0/s1. The number of benzene rings is 3. The quantitative estimate of drug-likeness (QED) is 0.386. The van der Waals surface area contributed by atoms with Gasteiger partial charge in [0.25, 0.3) is 5.56 Å². The Morgan fingerprint density at radius 1 is 1.09 bits per heavy atom. The number of aromatic nitrogens is 3. The van der Waals surface area contributed by atoms with Gasteiger partial charge in [0.1, 0.15) is 22.8 Å². The van der Waals surface area contributed by atoms with Gasteiger partial charge in [-0.1, -0.05) is 41.1 Å². The van der Waals surface area contributed by atoms with E-state index in [0.717, 1.165) is 4.68 Å². The first-order valence-corrected chi connectivity index (χ1v) is 10.7. The van der Waals surface area contributed by atoms with Crippen molar-refractivity contribution >= 4 is 28.5 Å². The van der Waals surface area contributed by atoms with E-state index in [9.17, 15) is 24.2 Å². The molecule has 174 valence electrons. The number of rotatable bonds is 8. The van der Waals surface area contributed by atoms with Crippen molar-refractivity contribution < 1.29 is 24.1 Å². The zero-order chi connectivity index (χ0) is 24.2. The maximum absolute atomic E-state index is 13.3. The van der Waals surface area contributed by atoms with Crippen molar-refractivity contribution in [2.24, 2.45) is 5.92 Å². The van der Waals surface area contributed by atoms with Crippen LogP contribution in [0.1, 0.15) is 18.1 Å². The molecule has 3 aromatic carbocycles. The van der Waals surface area contributed by atoms with E-state index in [4.69, 9.17) is 16.3 Å². The average molecular weight is 484 g/mol. The number of halogens is 2. The first kappa shape index (κ1) is 23.3. The van der Waals surface area contributed by atoms with Gasteiger partial charge in [0.05, 0.1) is 22.4 Å². The minimum Gasteiger partial charge on any atom is -0.481 e. The van der Waals surface area contributed by atoms with Gasteiger partial charge >= 0.3 is 5.97 Å². The highest BCUT2D eigenvalue weighted by Gasteiger charge is 2.28. The molecule has 0 unspecified atom stereocenters. The highest BCUT2D eigenvalue weighted by atomic mass is 35.5. The van der Waals surface area contributed by atoms with E-state index in [-0.39, 0.29) is 23.5 Å². The van der Waals surface area contributed by atoms with Gasteiger partial charge in [-0.05, 0) is 48.4 Å². The number of carboxylic acids is 1. The van der Waals surface area contributed by atoms with Crippen molar-refractivity contribution in [3.63, 3.8) is 0 Å². The van der Waals surface area contributed by atoms with E-state index in [2.05, 4.69) is 10.3 Å². The Morgan fingerprint density at radius 2 is 1.79 bits per heavy atom. The summed E-state index contributed by atoms with van der Waals surface area (Å²) in [6.45, 7) is -0.0305. The van der Waals surface area contributed by atoms with Crippen molar-refractivity contribution in [2.45, 2.75) is 19.1 Å². The molecule has 2 N–H and O–H groups in total. The number of hydrogen-bond donors (Lipinski definition) is 2. The summed E-state index contributed by atoms with van der Waals surface area (Å²) < 4.78 is 20.0. The van der Waals surface area contributed by atoms with Crippen LogP contribution in [0.15, 0.2) is 71.5 Å².